The third kappa shape index (κ3) is 1.82. The molecule has 0 fully saturated rings. The summed E-state index contributed by atoms with van der Waals surface area (Å²) in [5.74, 6) is 0.620. The van der Waals surface area contributed by atoms with Gasteiger partial charge in [0.05, 0.1) is 5.56 Å². The molecule has 1 N–H and O–H groups in total. The Morgan fingerprint density at radius 2 is 2.07 bits per heavy atom. The quantitative estimate of drug-likeness (QED) is 0.704. The monoisotopic (exact) mass is 205 g/mol. The second-order valence-electron chi connectivity index (χ2n) is 4.76. The summed E-state index contributed by atoms with van der Waals surface area (Å²) in [4.78, 5) is 11.6. The van der Waals surface area contributed by atoms with Gasteiger partial charge in [-0.25, -0.2) is 0 Å². The molecule has 1 amide bonds. The number of benzene rings is 1. The van der Waals surface area contributed by atoms with Crippen LogP contribution in [0.4, 0.5) is 0 Å². The Balaban J connectivity index is 2.49. The van der Waals surface area contributed by atoms with Crippen LogP contribution >= 0.6 is 0 Å². The number of carbonyl (C=O) groups is 1. The summed E-state index contributed by atoms with van der Waals surface area (Å²) in [6, 6.07) is 5.79. The Hall–Kier alpha value is -1.51. The van der Waals surface area contributed by atoms with Crippen LogP contribution in [0.1, 0.15) is 36.7 Å². The molecule has 1 aliphatic heterocycles. The van der Waals surface area contributed by atoms with Crippen LogP contribution in [0.5, 0.6) is 5.75 Å². The lowest BCUT2D eigenvalue weighted by molar-refractivity contribution is 0.0883. The first-order valence-electron chi connectivity index (χ1n) is 5.04. The van der Waals surface area contributed by atoms with Crippen molar-refractivity contribution < 1.29 is 9.53 Å². The predicted octanol–water partition coefficient (Wildman–Crippen LogP) is 2.06. The van der Waals surface area contributed by atoms with E-state index in [0.717, 1.165) is 5.56 Å². The van der Waals surface area contributed by atoms with E-state index in [4.69, 9.17) is 4.74 Å². The lowest BCUT2D eigenvalue weighted by Crippen LogP contribution is -2.33. The molecule has 0 aliphatic carbocycles. The molecule has 15 heavy (non-hydrogen) atoms. The van der Waals surface area contributed by atoms with E-state index in [-0.39, 0.29) is 18.1 Å². The fraction of sp³-hybridized carbons (Fsp3) is 0.417. The molecule has 3 heteroatoms. The molecule has 1 aliphatic rings. The maximum Gasteiger partial charge on any atom is 0.257 e. The first kappa shape index (κ1) is 10.0. The Kier molecular flexibility index (Phi) is 2.18. The Morgan fingerprint density at radius 1 is 1.33 bits per heavy atom. The van der Waals surface area contributed by atoms with Gasteiger partial charge in [0.25, 0.3) is 5.91 Å². The van der Waals surface area contributed by atoms with E-state index >= 15 is 0 Å². The van der Waals surface area contributed by atoms with Gasteiger partial charge >= 0.3 is 0 Å². The molecule has 1 heterocycles. The van der Waals surface area contributed by atoms with Gasteiger partial charge in [-0.1, -0.05) is 26.8 Å². The van der Waals surface area contributed by atoms with Gasteiger partial charge in [0, 0.05) is 0 Å². The zero-order valence-corrected chi connectivity index (χ0v) is 9.26. The maximum absolute atomic E-state index is 11.6. The van der Waals surface area contributed by atoms with Crippen molar-refractivity contribution in [1.29, 1.82) is 0 Å². The standard InChI is InChI=1S/C12H15NO2/c1-12(2,3)8-4-5-10-9(6-8)11(14)13-7-15-10/h4-6H,7H2,1-3H3,(H,13,14). The smallest absolute Gasteiger partial charge is 0.257 e. The molecule has 0 spiro atoms. The van der Waals surface area contributed by atoms with Gasteiger partial charge < -0.3 is 10.1 Å². The van der Waals surface area contributed by atoms with Crippen molar-refractivity contribution in [3.63, 3.8) is 0 Å². The first-order chi connectivity index (χ1) is 6.98. The van der Waals surface area contributed by atoms with Gasteiger partial charge in [0.15, 0.2) is 6.73 Å². The summed E-state index contributed by atoms with van der Waals surface area (Å²) in [5, 5.41) is 2.66. The molecule has 1 aromatic rings. The number of carbonyl (C=O) groups excluding carboxylic acids is 1. The average Bonchev–Trinajstić information content (AvgIpc) is 2.16. The minimum Gasteiger partial charge on any atom is -0.472 e. The van der Waals surface area contributed by atoms with Crippen molar-refractivity contribution in [3.05, 3.63) is 29.3 Å². The van der Waals surface area contributed by atoms with Gasteiger partial charge in [0.2, 0.25) is 0 Å². The summed E-state index contributed by atoms with van der Waals surface area (Å²) in [6.07, 6.45) is 0. The van der Waals surface area contributed by atoms with Crippen LogP contribution in [-0.2, 0) is 5.41 Å². The molecule has 1 aromatic carbocycles. The van der Waals surface area contributed by atoms with Gasteiger partial charge in [0.1, 0.15) is 5.75 Å². The fourth-order valence-corrected chi connectivity index (χ4v) is 1.57. The molecule has 0 aromatic heterocycles. The first-order valence-corrected chi connectivity index (χ1v) is 5.04. The average molecular weight is 205 g/mol. The number of amides is 1. The van der Waals surface area contributed by atoms with Crippen LogP contribution in [0.3, 0.4) is 0 Å². The summed E-state index contributed by atoms with van der Waals surface area (Å²) >= 11 is 0. The maximum atomic E-state index is 11.6. The lowest BCUT2D eigenvalue weighted by atomic mass is 9.86. The normalized spacial score (nSPS) is 15.3. The van der Waals surface area contributed by atoms with Crippen molar-refractivity contribution in [2.24, 2.45) is 0 Å². The molecule has 0 bridgehead atoms. The highest BCUT2D eigenvalue weighted by Crippen LogP contribution is 2.28. The highest BCUT2D eigenvalue weighted by Gasteiger charge is 2.21. The zero-order chi connectivity index (χ0) is 11.1. The van der Waals surface area contributed by atoms with Crippen LogP contribution in [0.2, 0.25) is 0 Å². The molecule has 3 nitrogen and oxygen atoms in total. The molecule has 0 unspecified atom stereocenters. The van der Waals surface area contributed by atoms with Gasteiger partial charge in [-0.05, 0) is 23.1 Å². The van der Waals surface area contributed by atoms with E-state index in [1.807, 2.05) is 18.2 Å². The lowest BCUT2D eigenvalue weighted by Gasteiger charge is -2.23. The second-order valence-corrected chi connectivity index (χ2v) is 4.76. The number of rotatable bonds is 0. The van der Waals surface area contributed by atoms with Gasteiger partial charge in [-0.2, -0.15) is 0 Å². The molecule has 2 rings (SSSR count). The highest BCUT2D eigenvalue weighted by molar-refractivity contribution is 5.97. The van der Waals surface area contributed by atoms with E-state index < -0.39 is 0 Å². The number of nitrogens with one attached hydrogen (secondary N) is 1. The molecule has 0 saturated carbocycles. The van der Waals surface area contributed by atoms with Crippen LogP contribution in [0, 0.1) is 0 Å². The number of hydrogen-bond acceptors (Lipinski definition) is 2. The third-order valence-electron chi connectivity index (χ3n) is 2.55. The van der Waals surface area contributed by atoms with Crippen molar-refractivity contribution in [1.82, 2.24) is 5.32 Å². The molecular weight excluding hydrogens is 190 g/mol. The summed E-state index contributed by atoms with van der Waals surface area (Å²) in [6.45, 7) is 6.63. The highest BCUT2D eigenvalue weighted by atomic mass is 16.5. The molecule has 0 saturated heterocycles. The van der Waals surface area contributed by atoms with Crippen LogP contribution in [0.15, 0.2) is 18.2 Å². The van der Waals surface area contributed by atoms with Crippen molar-refractivity contribution in [3.8, 4) is 5.75 Å². The van der Waals surface area contributed by atoms with E-state index in [1.54, 1.807) is 0 Å². The number of fused-ring (bicyclic) bond motifs is 1. The molecule has 0 atom stereocenters. The Bertz CT molecular complexity index is 405. The largest absolute Gasteiger partial charge is 0.472 e. The van der Waals surface area contributed by atoms with Crippen molar-refractivity contribution in [2.75, 3.05) is 6.73 Å². The van der Waals surface area contributed by atoms with Crippen LogP contribution in [0.25, 0.3) is 0 Å². The van der Waals surface area contributed by atoms with E-state index in [1.165, 1.54) is 0 Å². The van der Waals surface area contributed by atoms with E-state index in [0.29, 0.717) is 11.3 Å². The Morgan fingerprint density at radius 3 is 2.73 bits per heavy atom. The van der Waals surface area contributed by atoms with E-state index in [2.05, 4.69) is 26.1 Å². The minimum atomic E-state index is -0.0534. The van der Waals surface area contributed by atoms with Gasteiger partial charge in [-0.15, -0.1) is 0 Å². The van der Waals surface area contributed by atoms with Crippen molar-refractivity contribution in [2.45, 2.75) is 26.2 Å². The van der Waals surface area contributed by atoms with E-state index in [9.17, 15) is 4.79 Å². The molecular formula is C12H15NO2. The van der Waals surface area contributed by atoms with Crippen LogP contribution in [-0.4, -0.2) is 12.6 Å². The number of ether oxygens (including phenoxy) is 1. The third-order valence-corrected chi connectivity index (χ3v) is 2.55. The molecule has 0 radical (unpaired) electrons. The van der Waals surface area contributed by atoms with Crippen LogP contribution < -0.4 is 10.1 Å². The summed E-state index contributed by atoms with van der Waals surface area (Å²) in [7, 11) is 0. The SMILES string of the molecule is CC(C)(C)c1ccc2c(c1)C(=O)NCO2. The predicted molar refractivity (Wildman–Crippen MR) is 58.1 cm³/mol. The second kappa shape index (κ2) is 3.26. The summed E-state index contributed by atoms with van der Waals surface area (Å²) in [5.41, 5.74) is 1.82. The summed E-state index contributed by atoms with van der Waals surface area (Å²) < 4.78 is 5.33. The van der Waals surface area contributed by atoms with Gasteiger partial charge in [-0.3, -0.25) is 4.79 Å². The minimum absolute atomic E-state index is 0.0484. The van der Waals surface area contributed by atoms with Crippen molar-refractivity contribution >= 4 is 5.91 Å². The Labute approximate surface area is 89.4 Å². The topological polar surface area (TPSA) is 38.3 Å². The molecule has 80 valence electrons. The zero-order valence-electron chi connectivity index (χ0n) is 9.26. The fourth-order valence-electron chi connectivity index (χ4n) is 1.57. The number of hydrogen-bond donors (Lipinski definition) is 1.